The Morgan fingerprint density at radius 1 is 0.750 bits per heavy atom. The van der Waals surface area contributed by atoms with Crippen molar-refractivity contribution >= 4 is 24.7 Å². The molecule has 1 rings (SSSR count). The molecular weight excluding hydrogens is 497 g/mol. The molecule has 2 N–H and O–H groups in total. The van der Waals surface area contributed by atoms with Crippen LogP contribution in [0.25, 0.3) is 0 Å². The lowest BCUT2D eigenvalue weighted by Crippen LogP contribution is -2.45. The topological polar surface area (TPSA) is 58.9 Å². The minimum atomic E-state index is -1.59. The molecule has 3 unspecified atom stereocenters. The molecule has 1 heterocycles. The van der Waals surface area contributed by atoms with Crippen LogP contribution < -0.4 is 0 Å². The first kappa shape index (κ1) is 38.6. The largest absolute Gasteiger partial charge is 0.412 e. The van der Waals surface area contributed by atoms with Crippen LogP contribution in [0.4, 0.5) is 0 Å². The Hall–Kier alpha value is 0.491. The average molecular weight is 565 g/mol. The second kappa shape index (κ2) is 18.0. The van der Waals surface area contributed by atoms with Crippen molar-refractivity contribution in [1.29, 1.82) is 0 Å². The van der Waals surface area contributed by atoms with E-state index in [2.05, 4.69) is 87.7 Å². The maximum Gasteiger partial charge on any atom is 0.187 e. The third kappa shape index (κ3) is 20.5. The number of aliphatic hydroxyl groups excluding tert-OH is 2. The van der Waals surface area contributed by atoms with Crippen molar-refractivity contribution in [2.24, 2.45) is 17.8 Å². The molecule has 0 aromatic heterocycles. The van der Waals surface area contributed by atoms with Gasteiger partial charge in [0.05, 0.1) is 24.4 Å². The standard InChI is InChI=1S/C18H42O2Si2.C7H16Si.C4H10O2/c1-11-15(3)13-21(7,8)19-17(5)18(6)20-22(9,10)14-16(4)12-2;1-7-4-5-8(2,3)6-7;1-3(5)4(2)6/h15-18H,11-14H2,1-10H3;7H,4-6H2,1-3H3;3-6H,1-2H3/t15?,16?,17-,18+;;3-,4+. The van der Waals surface area contributed by atoms with Crippen LogP contribution in [0.15, 0.2) is 0 Å². The monoisotopic (exact) mass is 564 g/mol. The SMILES string of the molecule is CC1CC[Si](C)(C)C1.CCC(C)C[Si](C)(C)O[C@@H](C)[C@@H](C)O[Si](C)(C)CC(C)CC.C[C@H](O)[C@@H](C)O. The summed E-state index contributed by atoms with van der Waals surface area (Å²) >= 11 is 0. The smallest absolute Gasteiger partial charge is 0.187 e. The predicted octanol–water partition coefficient (Wildman–Crippen LogP) is 8.78. The van der Waals surface area contributed by atoms with Crippen LogP contribution in [0.1, 0.15) is 81.6 Å². The molecule has 1 aliphatic rings. The number of aliphatic hydroxyl groups is 2. The van der Waals surface area contributed by atoms with E-state index in [1.165, 1.54) is 31.4 Å². The lowest BCUT2D eigenvalue weighted by Gasteiger charge is -2.36. The minimum absolute atomic E-state index is 0.203. The van der Waals surface area contributed by atoms with Crippen LogP contribution in [-0.2, 0) is 8.85 Å². The summed E-state index contributed by atoms with van der Waals surface area (Å²) in [7, 11) is -3.79. The zero-order valence-electron chi connectivity index (χ0n) is 27.2. The number of hydrogen-bond donors (Lipinski definition) is 2. The summed E-state index contributed by atoms with van der Waals surface area (Å²) in [6, 6.07) is 5.64. The highest BCUT2D eigenvalue weighted by Gasteiger charge is 2.33. The van der Waals surface area contributed by atoms with Gasteiger partial charge >= 0.3 is 0 Å². The molecule has 7 heteroatoms. The van der Waals surface area contributed by atoms with E-state index in [1.54, 1.807) is 25.9 Å². The summed E-state index contributed by atoms with van der Waals surface area (Å²) in [6.45, 7) is 33.5. The van der Waals surface area contributed by atoms with Gasteiger partial charge in [-0.1, -0.05) is 79.1 Å². The fraction of sp³-hybridized carbons (Fsp3) is 1.00. The van der Waals surface area contributed by atoms with E-state index in [0.717, 1.165) is 17.8 Å². The summed E-state index contributed by atoms with van der Waals surface area (Å²) in [4.78, 5) is 0. The van der Waals surface area contributed by atoms with Gasteiger partial charge in [-0.15, -0.1) is 0 Å². The molecular formula is C29H68O4Si3. The molecule has 0 aromatic carbocycles. The number of hydrogen-bond acceptors (Lipinski definition) is 4. The zero-order chi connectivity index (χ0) is 28.9. The van der Waals surface area contributed by atoms with E-state index in [4.69, 9.17) is 19.1 Å². The van der Waals surface area contributed by atoms with Crippen molar-refractivity contribution in [1.82, 2.24) is 0 Å². The van der Waals surface area contributed by atoms with Gasteiger partial charge in [-0.05, 0) is 83.7 Å². The van der Waals surface area contributed by atoms with E-state index in [9.17, 15) is 0 Å². The molecule has 0 bridgehead atoms. The van der Waals surface area contributed by atoms with Gasteiger partial charge in [-0.3, -0.25) is 0 Å². The van der Waals surface area contributed by atoms with Crippen molar-refractivity contribution in [3.63, 3.8) is 0 Å². The molecule has 0 amide bonds. The van der Waals surface area contributed by atoms with E-state index in [-0.39, 0.29) is 12.2 Å². The molecule has 0 spiro atoms. The van der Waals surface area contributed by atoms with E-state index >= 15 is 0 Å². The molecule has 220 valence electrons. The summed E-state index contributed by atoms with van der Waals surface area (Å²) in [5.41, 5.74) is 0. The first-order valence-electron chi connectivity index (χ1n) is 14.9. The lowest BCUT2D eigenvalue weighted by molar-refractivity contribution is 0.0438. The number of rotatable bonds is 12. The predicted molar refractivity (Wildman–Crippen MR) is 169 cm³/mol. The molecule has 1 fully saturated rings. The Balaban J connectivity index is 0. The Kier molecular flexibility index (Phi) is 19.3. The van der Waals surface area contributed by atoms with Crippen LogP contribution >= 0.6 is 0 Å². The Morgan fingerprint density at radius 2 is 1.08 bits per heavy atom. The molecule has 0 aromatic rings. The maximum atomic E-state index is 8.38. The quantitative estimate of drug-likeness (QED) is 0.233. The van der Waals surface area contributed by atoms with Gasteiger partial charge in [-0.2, -0.15) is 0 Å². The van der Waals surface area contributed by atoms with Gasteiger partial charge in [0.1, 0.15) is 0 Å². The summed E-state index contributed by atoms with van der Waals surface area (Å²) < 4.78 is 13.0. The van der Waals surface area contributed by atoms with Gasteiger partial charge in [0, 0.05) is 8.07 Å². The molecule has 1 aliphatic heterocycles. The summed E-state index contributed by atoms with van der Waals surface area (Å²) in [6.07, 6.45) is 3.22. The van der Waals surface area contributed by atoms with Gasteiger partial charge in [0.25, 0.3) is 0 Å². The van der Waals surface area contributed by atoms with Crippen molar-refractivity contribution in [3.8, 4) is 0 Å². The van der Waals surface area contributed by atoms with Crippen LogP contribution in [0.5, 0.6) is 0 Å². The molecule has 4 nitrogen and oxygen atoms in total. The fourth-order valence-corrected chi connectivity index (χ4v) is 15.1. The van der Waals surface area contributed by atoms with E-state index in [0.29, 0.717) is 0 Å². The molecule has 1 saturated heterocycles. The van der Waals surface area contributed by atoms with Crippen LogP contribution in [-0.4, -0.2) is 59.3 Å². The first-order valence-corrected chi connectivity index (χ1v) is 24.5. The maximum absolute atomic E-state index is 8.38. The second-order valence-corrected chi connectivity index (χ2v) is 27.7. The summed E-state index contributed by atoms with van der Waals surface area (Å²) in [5.74, 6) is 2.58. The molecule has 0 aliphatic carbocycles. The highest BCUT2D eigenvalue weighted by atomic mass is 28.4. The Labute approximate surface area is 230 Å². The summed E-state index contributed by atoms with van der Waals surface area (Å²) in [5, 5.41) is 16.8. The highest BCUT2D eigenvalue weighted by molar-refractivity contribution is 6.78. The van der Waals surface area contributed by atoms with Crippen LogP contribution in [0, 0.1) is 17.8 Å². The van der Waals surface area contributed by atoms with Crippen molar-refractivity contribution in [2.45, 2.75) is 169 Å². The zero-order valence-corrected chi connectivity index (χ0v) is 30.2. The molecule has 0 radical (unpaired) electrons. The molecule has 36 heavy (non-hydrogen) atoms. The van der Waals surface area contributed by atoms with Gasteiger partial charge < -0.3 is 19.1 Å². The van der Waals surface area contributed by atoms with Crippen LogP contribution in [0.3, 0.4) is 0 Å². The van der Waals surface area contributed by atoms with Crippen molar-refractivity contribution in [3.05, 3.63) is 0 Å². The first-order chi connectivity index (χ1) is 16.2. The molecule has 7 atom stereocenters. The lowest BCUT2D eigenvalue weighted by atomic mass is 10.2. The highest BCUT2D eigenvalue weighted by Crippen LogP contribution is 2.34. The average Bonchev–Trinajstić information content (AvgIpc) is 3.03. The van der Waals surface area contributed by atoms with Crippen LogP contribution in [0.2, 0.25) is 63.5 Å². The Bertz CT molecular complexity index is 517. The van der Waals surface area contributed by atoms with Crippen molar-refractivity contribution in [2.75, 3.05) is 0 Å². The third-order valence-electron chi connectivity index (χ3n) is 7.66. The van der Waals surface area contributed by atoms with E-state index in [1.807, 2.05) is 0 Å². The Morgan fingerprint density at radius 3 is 1.25 bits per heavy atom. The fourth-order valence-electron chi connectivity index (χ4n) is 5.05. The second-order valence-electron chi connectivity index (χ2n) is 14.1. The normalized spacial score (nSPS) is 22.8. The van der Waals surface area contributed by atoms with Gasteiger partial charge in [-0.25, -0.2) is 0 Å². The van der Waals surface area contributed by atoms with Crippen molar-refractivity contribution < 1.29 is 19.1 Å². The van der Waals surface area contributed by atoms with Gasteiger partial charge in [0.2, 0.25) is 0 Å². The van der Waals surface area contributed by atoms with Gasteiger partial charge in [0.15, 0.2) is 16.6 Å². The minimum Gasteiger partial charge on any atom is -0.412 e. The molecule has 0 saturated carbocycles. The van der Waals surface area contributed by atoms with E-state index < -0.39 is 36.9 Å². The third-order valence-corrected chi connectivity index (χ3v) is 16.5.